The lowest BCUT2D eigenvalue weighted by Crippen LogP contribution is -1.98. The first kappa shape index (κ1) is 11.3. The lowest BCUT2D eigenvalue weighted by atomic mass is 9.94. The van der Waals surface area contributed by atoms with Crippen LogP contribution in [-0.4, -0.2) is 0 Å². The van der Waals surface area contributed by atoms with Gasteiger partial charge in [-0.05, 0) is 41.9 Å². The van der Waals surface area contributed by atoms with Gasteiger partial charge in [-0.1, -0.05) is 45.9 Å². The van der Waals surface area contributed by atoms with Gasteiger partial charge in [0.25, 0.3) is 0 Å². The minimum absolute atomic E-state index is 0.641. The maximum atomic E-state index is 2.34. The Hall–Kier alpha value is -0.780. The molecule has 0 N–H and O–H groups in total. The molecule has 0 spiro atoms. The van der Waals surface area contributed by atoms with Gasteiger partial charge in [0.1, 0.15) is 0 Å². The summed E-state index contributed by atoms with van der Waals surface area (Å²) in [4.78, 5) is 0. The smallest absolute Gasteiger partial charge is 0.0219 e. The van der Waals surface area contributed by atoms with E-state index in [0.717, 1.165) is 5.92 Å². The van der Waals surface area contributed by atoms with Gasteiger partial charge >= 0.3 is 0 Å². The van der Waals surface area contributed by atoms with Crippen molar-refractivity contribution in [3.8, 4) is 0 Å². The first-order valence-corrected chi connectivity index (χ1v) is 5.60. The largest absolute Gasteiger partial charge is 0.0625 e. The molecule has 0 saturated carbocycles. The zero-order valence-corrected chi connectivity index (χ0v) is 10.1. The standard InChI is InChI=1S/C14H22/c1-10(2)8-14-7-6-13(11(3)4)9-12(14)5/h6-7,9-11H,8H2,1-5H3. The Labute approximate surface area is 88.4 Å². The summed E-state index contributed by atoms with van der Waals surface area (Å²) in [5.41, 5.74) is 4.41. The zero-order valence-electron chi connectivity index (χ0n) is 10.1. The summed E-state index contributed by atoms with van der Waals surface area (Å²) in [7, 11) is 0. The molecule has 0 heteroatoms. The van der Waals surface area contributed by atoms with Gasteiger partial charge in [0.05, 0.1) is 0 Å². The Morgan fingerprint density at radius 1 is 1.07 bits per heavy atom. The van der Waals surface area contributed by atoms with E-state index >= 15 is 0 Å². The molecule has 0 atom stereocenters. The van der Waals surface area contributed by atoms with Crippen molar-refractivity contribution in [2.24, 2.45) is 5.92 Å². The van der Waals surface area contributed by atoms with Crippen LogP contribution in [0.3, 0.4) is 0 Å². The van der Waals surface area contributed by atoms with Crippen molar-refractivity contribution >= 4 is 0 Å². The molecule has 0 unspecified atom stereocenters. The molecule has 0 saturated heterocycles. The molecule has 0 heterocycles. The maximum Gasteiger partial charge on any atom is -0.0219 e. The van der Waals surface area contributed by atoms with E-state index in [1.165, 1.54) is 23.1 Å². The summed E-state index contributed by atoms with van der Waals surface area (Å²) >= 11 is 0. The van der Waals surface area contributed by atoms with Crippen LogP contribution >= 0.6 is 0 Å². The number of hydrogen-bond donors (Lipinski definition) is 0. The average molecular weight is 190 g/mol. The molecule has 0 aliphatic carbocycles. The highest BCUT2D eigenvalue weighted by Crippen LogP contribution is 2.20. The zero-order chi connectivity index (χ0) is 10.7. The van der Waals surface area contributed by atoms with Gasteiger partial charge in [-0.15, -0.1) is 0 Å². The highest BCUT2D eigenvalue weighted by molar-refractivity contribution is 5.32. The summed E-state index contributed by atoms with van der Waals surface area (Å²) in [5, 5.41) is 0. The minimum Gasteiger partial charge on any atom is -0.0625 e. The van der Waals surface area contributed by atoms with Gasteiger partial charge in [0.15, 0.2) is 0 Å². The highest BCUT2D eigenvalue weighted by Gasteiger charge is 2.04. The molecular weight excluding hydrogens is 168 g/mol. The van der Waals surface area contributed by atoms with E-state index in [9.17, 15) is 0 Å². The summed E-state index contributed by atoms with van der Waals surface area (Å²) in [6.07, 6.45) is 1.20. The van der Waals surface area contributed by atoms with Crippen molar-refractivity contribution in [3.05, 3.63) is 34.9 Å². The summed E-state index contributed by atoms with van der Waals surface area (Å²) < 4.78 is 0. The van der Waals surface area contributed by atoms with Gasteiger partial charge in [0.2, 0.25) is 0 Å². The molecule has 1 aromatic carbocycles. The van der Waals surface area contributed by atoms with E-state index in [1.54, 1.807) is 0 Å². The van der Waals surface area contributed by atoms with Crippen molar-refractivity contribution in [1.82, 2.24) is 0 Å². The summed E-state index contributed by atoms with van der Waals surface area (Å²) in [5.74, 6) is 1.39. The minimum atomic E-state index is 0.641. The van der Waals surface area contributed by atoms with Crippen LogP contribution in [0.25, 0.3) is 0 Å². The fraction of sp³-hybridized carbons (Fsp3) is 0.571. The Morgan fingerprint density at radius 2 is 1.71 bits per heavy atom. The topological polar surface area (TPSA) is 0 Å². The maximum absolute atomic E-state index is 2.34. The van der Waals surface area contributed by atoms with Gasteiger partial charge in [-0.3, -0.25) is 0 Å². The third kappa shape index (κ3) is 2.87. The molecule has 14 heavy (non-hydrogen) atoms. The van der Waals surface area contributed by atoms with Crippen LogP contribution in [0, 0.1) is 12.8 Å². The van der Waals surface area contributed by atoms with Crippen molar-refractivity contribution in [1.29, 1.82) is 0 Å². The fourth-order valence-electron chi connectivity index (χ4n) is 1.75. The average Bonchev–Trinajstić information content (AvgIpc) is 2.07. The predicted molar refractivity (Wildman–Crippen MR) is 63.8 cm³/mol. The van der Waals surface area contributed by atoms with Crippen LogP contribution in [0.2, 0.25) is 0 Å². The van der Waals surface area contributed by atoms with E-state index < -0.39 is 0 Å². The first-order chi connectivity index (χ1) is 6.50. The lowest BCUT2D eigenvalue weighted by Gasteiger charge is -2.12. The fourth-order valence-corrected chi connectivity index (χ4v) is 1.75. The van der Waals surface area contributed by atoms with E-state index in [4.69, 9.17) is 0 Å². The van der Waals surface area contributed by atoms with E-state index in [-0.39, 0.29) is 0 Å². The molecule has 78 valence electrons. The monoisotopic (exact) mass is 190 g/mol. The predicted octanol–water partition coefficient (Wildman–Crippen LogP) is 4.32. The number of hydrogen-bond acceptors (Lipinski definition) is 0. The lowest BCUT2D eigenvalue weighted by molar-refractivity contribution is 0.644. The molecule has 0 nitrogen and oxygen atoms in total. The molecule has 0 aliphatic heterocycles. The van der Waals surface area contributed by atoms with Crippen molar-refractivity contribution in [3.63, 3.8) is 0 Å². The van der Waals surface area contributed by atoms with Gasteiger partial charge in [-0.2, -0.15) is 0 Å². The van der Waals surface area contributed by atoms with E-state index in [2.05, 4.69) is 52.8 Å². The third-order valence-electron chi connectivity index (χ3n) is 2.66. The van der Waals surface area contributed by atoms with E-state index in [1.807, 2.05) is 0 Å². The molecule has 0 radical (unpaired) electrons. The van der Waals surface area contributed by atoms with Crippen LogP contribution < -0.4 is 0 Å². The first-order valence-electron chi connectivity index (χ1n) is 5.60. The molecular formula is C14H22. The molecule has 0 aliphatic rings. The normalized spacial score (nSPS) is 11.4. The molecule has 0 fully saturated rings. The van der Waals surface area contributed by atoms with E-state index in [0.29, 0.717) is 5.92 Å². The van der Waals surface area contributed by atoms with Crippen LogP contribution in [0.15, 0.2) is 18.2 Å². The number of aryl methyl sites for hydroxylation is 1. The quantitative estimate of drug-likeness (QED) is 0.666. The Bertz CT molecular complexity index is 295. The second-order valence-electron chi connectivity index (χ2n) is 4.94. The van der Waals surface area contributed by atoms with Gasteiger partial charge in [0, 0.05) is 0 Å². The highest BCUT2D eigenvalue weighted by atomic mass is 14.1. The van der Waals surface area contributed by atoms with Crippen LogP contribution in [0.4, 0.5) is 0 Å². The van der Waals surface area contributed by atoms with Crippen molar-refractivity contribution < 1.29 is 0 Å². The molecule has 1 rings (SSSR count). The van der Waals surface area contributed by atoms with Crippen LogP contribution in [0.5, 0.6) is 0 Å². The Balaban J connectivity index is 2.90. The molecule has 1 aromatic rings. The van der Waals surface area contributed by atoms with Crippen molar-refractivity contribution in [2.75, 3.05) is 0 Å². The number of benzene rings is 1. The van der Waals surface area contributed by atoms with Crippen molar-refractivity contribution in [2.45, 2.75) is 47.0 Å². The van der Waals surface area contributed by atoms with Gasteiger partial charge in [-0.25, -0.2) is 0 Å². The molecule has 0 bridgehead atoms. The molecule has 0 amide bonds. The Morgan fingerprint density at radius 3 is 2.14 bits per heavy atom. The van der Waals surface area contributed by atoms with Crippen LogP contribution in [-0.2, 0) is 6.42 Å². The van der Waals surface area contributed by atoms with Gasteiger partial charge < -0.3 is 0 Å². The second kappa shape index (κ2) is 4.63. The summed E-state index contributed by atoms with van der Waals surface area (Å²) in [6, 6.07) is 6.91. The number of rotatable bonds is 3. The Kier molecular flexibility index (Phi) is 3.74. The summed E-state index contributed by atoms with van der Waals surface area (Å²) in [6.45, 7) is 11.3. The molecule has 0 aromatic heterocycles. The second-order valence-corrected chi connectivity index (χ2v) is 4.94. The third-order valence-corrected chi connectivity index (χ3v) is 2.66. The SMILES string of the molecule is Cc1cc(C(C)C)ccc1CC(C)C. The van der Waals surface area contributed by atoms with Crippen LogP contribution in [0.1, 0.15) is 50.3 Å².